The molecule has 0 bridgehead atoms. The van der Waals surface area contributed by atoms with Gasteiger partial charge in [0.05, 0.1) is 17.5 Å². The van der Waals surface area contributed by atoms with E-state index in [1.165, 1.54) is 23.0 Å². The zero-order valence-electron chi connectivity index (χ0n) is 30.7. The van der Waals surface area contributed by atoms with Crippen molar-refractivity contribution >= 4 is 28.8 Å². The zero-order valence-corrected chi connectivity index (χ0v) is 30.7. The molecule has 1 saturated carbocycles. The number of unbranched alkanes of at least 4 members (excludes halogenated alkanes) is 2. The molecule has 1 aliphatic heterocycles. The standard InChI is InChI=1S/C39H54N4O8/c1-7-8-9-11-24-14-16-25(17-15-24)30-18-26-20-43(39(48)42-37(26)51-30)32-19-29(44)31(50-32)21-49-38(47)34(23(4)5)41-36(46)28-13-10-12-27(28)35(45)33(40-6)22(2)3/h14-18,20,22-23,27-29,31-34,40,44H,7-13,19,21H2,1-6H3,(H,41,46)/t27?,28?,29?,31-,32-,33?,34?/m1/s1. The third kappa shape index (κ3) is 8.96. The normalized spacial score (nSPS) is 23.2. The van der Waals surface area contributed by atoms with Crippen LogP contribution >= 0.6 is 0 Å². The van der Waals surface area contributed by atoms with E-state index in [0.717, 1.165) is 24.8 Å². The summed E-state index contributed by atoms with van der Waals surface area (Å²) in [7, 11) is 1.75. The van der Waals surface area contributed by atoms with Gasteiger partial charge in [0.1, 0.15) is 30.7 Å². The molecule has 3 heterocycles. The first-order valence-corrected chi connectivity index (χ1v) is 18.5. The maximum absolute atomic E-state index is 13.4. The summed E-state index contributed by atoms with van der Waals surface area (Å²) < 4.78 is 18.8. The number of likely N-dealkylation sites (N-methyl/N-ethyl adjacent to an activating group) is 1. The maximum atomic E-state index is 13.4. The van der Waals surface area contributed by atoms with E-state index in [4.69, 9.17) is 13.9 Å². The van der Waals surface area contributed by atoms with E-state index in [2.05, 4.69) is 34.7 Å². The Bertz CT molecular complexity index is 1710. The second-order valence-corrected chi connectivity index (χ2v) is 14.8. The maximum Gasteiger partial charge on any atom is 0.353 e. The van der Waals surface area contributed by atoms with E-state index in [1.54, 1.807) is 27.1 Å². The van der Waals surface area contributed by atoms with Crippen LogP contribution in [0.4, 0.5) is 0 Å². The third-order valence-corrected chi connectivity index (χ3v) is 10.4. The quantitative estimate of drug-likeness (QED) is 0.137. The molecule has 3 aromatic rings. The summed E-state index contributed by atoms with van der Waals surface area (Å²) in [5, 5.41) is 17.4. The molecule has 3 N–H and O–H groups in total. The van der Waals surface area contributed by atoms with Crippen LogP contribution in [0, 0.1) is 23.7 Å². The van der Waals surface area contributed by atoms with E-state index >= 15 is 0 Å². The molecule has 1 aliphatic carbocycles. The van der Waals surface area contributed by atoms with Crippen LogP contribution in [0.25, 0.3) is 22.4 Å². The fourth-order valence-electron chi connectivity index (χ4n) is 7.39. The first-order chi connectivity index (χ1) is 24.4. The van der Waals surface area contributed by atoms with Gasteiger partial charge in [-0.1, -0.05) is 78.1 Å². The monoisotopic (exact) mass is 706 g/mol. The first-order valence-electron chi connectivity index (χ1n) is 18.5. The fourth-order valence-corrected chi connectivity index (χ4v) is 7.39. The fraction of sp³-hybridized carbons (Fsp3) is 0.615. The number of furan rings is 1. The van der Waals surface area contributed by atoms with Crippen LogP contribution in [0.1, 0.15) is 91.4 Å². The van der Waals surface area contributed by atoms with Crippen molar-refractivity contribution in [2.24, 2.45) is 23.7 Å². The largest absolute Gasteiger partial charge is 0.461 e. The van der Waals surface area contributed by atoms with Crippen molar-refractivity contribution in [3.63, 3.8) is 0 Å². The van der Waals surface area contributed by atoms with Crippen molar-refractivity contribution in [1.29, 1.82) is 0 Å². The van der Waals surface area contributed by atoms with Crippen LogP contribution in [0.15, 0.2) is 45.7 Å². The van der Waals surface area contributed by atoms with Gasteiger partial charge in [0, 0.05) is 30.0 Å². The number of amides is 1. The predicted molar refractivity (Wildman–Crippen MR) is 193 cm³/mol. The van der Waals surface area contributed by atoms with Crippen molar-refractivity contribution in [2.75, 3.05) is 13.7 Å². The molecule has 1 saturated heterocycles. The van der Waals surface area contributed by atoms with Crippen LogP contribution in [-0.2, 0) is 30.3 Å². The average Bonchev–Trinajstić information content (AvgIpc) is 3.84. The number of carbonyl (C=O) groups excluding carboxylic acids is 3. The van der Waals surface area contributed by atoms with Crippen molar-refractivity contribution in [3.8, 4) is 11.3 Å². The van der Waals surface area contributed by atoms with Crippen LogP contribution in [0.5, 0.6) is 0 Å². The van der Waals surface area contributed by atoms with Gasteiger partial charge in [0.25, 0.3) is 0 Å². The summed E-state index contributed by atoms with van der Waals surface area (Å²) in [4.78, 5) is 57.2. The molecule has 7 atom stereocenters. The zero-order chi connectivity index (χ0) is 36.8. The number of esters is 1. The topological polar surface area (TPSA) is 162 Å². The molecule has 0 spiro atoms. The van der Waals surface area contributed by atoms with Crippen LogP contribution in [0.2, 0.25) is 0 Å². The number of ether oxygens (including phenoxy) is 2. The van der Waals surface area contributed by atoms with Gasteiger partial charge < -0.3 is 29.6 Å². The number of hydrogen-bond donors (Lipinski definition) is 3. The highest BCUT2D eigenvalue weighted by Gasteiger charge is 2.42. The van der Waals surface area contributed by atoms with Crippen molar-refractivity contribution in [2.45, 2.75) is 117 Å². The third-order valence-electron chi connectivity index (χ3n) is 10.4. The number of aliphatic hydroxyl groups is 1. The van der Waals surface area contributed by atoms with Gasteiger partial charge in [-0.05, 0) is 56.2 Å². The summed E-state index contributed by atoms with van der Waals surface area (Å²) in [5.41, 5.74) is 1.75. The number of carbonyl (C=O) groups is 3. The van der Waals surface area contributed by atoms with E-state index in [0.29, 0.717) is 24.0 Å². The number of nitrogens with zero attached hydrogens (tertiary/aromatic N) is 2. The van der Waals surface area contributed by atoms with Crippen LogP contribution in [0.3, 0.4) is 0 Å². The van der Waals surface area contributed by atoms with Crippen molar-refractivity contribution in [3.05, 3.63) is 52.6 Å². The molecule has 5 rings (SSSR count). The number of rotatable bonds is 16. The van der Waals surface area contributed by atoms with Gasteiger partial charge in [-0.3, -0.25) is 14.2 Å². The van der Waals surface area contributed by atoms with Gasteiger partial charge in [-0.15, -0.1) is 0 Å². The number of aliphatic hydroxyl groups excluding tert-OH is 1. The Hall–Kier alpha value is -3.87. The van der Waals surface area contributed by atoms with E-state index in [9.17, 15) is 24.3 Å². The first kappa shape index (κ1) is 38.4. The van der Waals surface area contributed by atoms with Crippen molar-refractivity contribution < 1.29 is 33.4 Å². The highest BCUT2D eigenvalue weighted by atomic mass is 16.6. The lowest BCUT2D eigenvalue weighted by atomic mass is 9.84. The number of Topliss-reactive ketones (excluding diaryl/α,β-unsaturated/α-hetero) is 1. The van der Waals surface area contributed by atoms with Gasteiger partial charge in [0.2, 0.25) is 11.6 Å². The Kier molecular flexibility index (Phi) is 12.9. The van der Waals surface area contributed by atoms with E-state index in [-0.39, 0.29) is 48.3 Å². The minimum Gasteiger partial charge on any atom is -0.461 e. The molecular weight excluding hydrogens is 652 g/mol. The summed E-state index contributed by atoms with van der Waals surface area (Å²) in [6, 6.07) is 8.71. The lowest BCUT2D eigenvalue weighted by molar-refractivity contribution is -0.155. The number of ketones is 1. The lowest BCUT2D eigenvalue weighted by Gasteiger charge is -2.28. The lowest BCUT2D eigenvalue weighted by Crippen LogP contribution is -2.50. The van der Waals surface area contributed by atoms with E-state index < -0.39 is 48.0 Å². The number of hydrogen-bond acceptors (Lipinski definition) is 10. The summed E-state index contributed by atoms with van der Waals surface area (Å²) >= 11 is 0. The second kappa shape index (κ2) is 17.1. The predicted octanol–water partition coefficient (Wildman–Crippen LogP) is 4.95. The highest BCUT2D eigenvalue weighted by molar-refractivity contribution is 5.94. The minimum atomic E-state index is -1.01. The second-order valence-electron chi connectivity index (χ2n) is 14.8. The van der Waals surface area contributed by atoms with Gasteiger partial charge in [-0.2, -0.15) is 4.98 Å². The Morgan fingerprint density at radius 3 is 2.41 bits per heavy atom. The number of aromatic nitrogens is 2. The summed E-state index contributed by atoms with van der Waals surface area (Å²) in [6.45, 7) is 9.46. The molecule has 12 nitrogen and oxygen atoms in total. The van der Waals surface area contributed by atoms with Gasteiger partial charge >= 0.3 is 11.7 Å². The molecule has 12 heteroatoms. The molecule has 278 valence electrons. The van der Waals surface area contributed by atoms with Crippen LogP contribution < -0.4 is 16.3 Å². The Labute approximate surface area is 299 Å². The summed E-state index contributed by atoms with van der Waals surface area (Å²) in [5.74, 6) is -1.51. The number of nitrogens with one attached hydrogen (secondary N) is 2. The smallest absolute Gasteiger partial charge is 0.353 e. The molecule has 5 unspecified atom stereocenters. The SMILES string of the molecule is CCCCCc1ccc(-c2cc3cn([C@H]4CC(O)[C@@H](COC(=O)C(NC(=O)C5CCCC5C(=O)C(NC)C(C)C)C(C)C)O4)c(=O)nc3o2)cc1. The molecule has 51 heavy (non-hydrogen) atoms. The van der Waals surface area contributed by atoms with Gasteiger partial charge in [0.15, 0.2) is 5.78 Å². The minimum absolute atomic E-state index is 0.0280. The van der Waals surface area contributed by atoms with Crippen molar-refractivity contribution in [1.82, 2.24) is 20.2 Å². The molecule has 0 radical (unpaired) electrons. The number of benzene rings is 1. The van der Waals surface area contributed by atoms with Crippen LogP contribution in [-0.4, -0.2) is 70.3 Å². The Balaban J connectivity index is 1.19. The number of aryl methyl sites for hydroxylation is 1. The van der Waals surface area contributed by atoms with E-state index in [1.807, 2.05) is 32.0 Å². The summed E-state index contributed by atoms with van der Waals surface area (Å²) in [6.07, 6.45) is 5.47. The molecule has 2 aliphatic rings. The Morgan fingerprint density at radius 2 is 1.75 bits per heavy atom. The molecule has 1 aromatic carbocycles. The Morgan fingerprint density at radius 1 is 1.04 bits per heavy atom. The molecular formula is C39H54N4O8. The average molecular weight is 707 g/mol. The van der Waals surface area contributed by atoms with Gasteiger partial charge in [-0.25, -0.2) is 9.59 Å². The molecule has 2 fully saturated rings. The highest BCUT2D eigenvalue weighted by Crippen LogP contribution is 2.35. The number of fused-ring (bicyclic) bond motifs is 1. The molecule has 2 aromatic heterocycles. The molecule has 1 amide bonds.